The molecule has 0 saturated carbocycles. The number of nitrogens with zero attached hydrogens (tertiary/aromatic N) is 2. The van der Waals surface area contributed by atoms with Gasteiger partial charge in [0.25, 0.3) is 0 Å². The van der Waals surface area contributed by atoms with Crippen LogP contribution in [0.2, 0.25) is 0 Å². The van der Waals surface area contributed by atoms with E-state index in [1.807, 2.05) is 0 Å². The summed E-state index contributed by atoms with van der Waals surface area (Å²) >= 11 is 0. The Labute approximate surface area is 110 Å². The molecule has 0 unspecified atom stereocenters. The standard InChI is InChI=1S/C13H17N3O3/c1-15(2)12(17)4-3-7-16-10-8-9(14)5-6-11(10)19-13(16)18/h5-6,8H,3-4,7,14H2,1-2H3. The number of nitrogens with two attached hydrogens (primary N) is 1. The number of aromatic nitrogens is 1. The Morgan fingerprint density at radius 2 is 2.16 bits per heavy atom. The number of nitrogen functional groups attached to an aromatic ring is 1. The summed E-state index contributed by atoms with van der Waals surface area (Å²) in [5, 5.41) is 0. The van der Waals surface area contributed by atoms with E-state index in [1.54, 1.807) is 32.3 Å². The highest BCUT2D eigenvalue weighted by Crippen LogP contribution is 2.16. The number of amides is 1. The van der Waals surface area contributed by atoms with Crippen LogP contribution in [0.4, 0.5) is 5.69 Å². The summed E-state index contributed by atoms with van der Waals surface area (Å²) in [6, 6.07) is 5.06. The van der Waals surface area contributed by atoms with E-state index in [0.29, 0.717) is 36.2 Å². The first-order valence-corrected chi connectivity index (χ1v) is 6.08. The molecule has 0 saturated heterocycles. The number of rotatable bonds is 4. The number of carbonyl (C=O) groups excluding carboxylic acids is 1. The first kappa shape index (κ1) is 13.2. The first-order chi connectivity index (χ1) is 8.99. The Balaban J connectivity index is 2.16. The highest BCUT2D eigenvalue weighted by atomic mass is 16.4. The minimum absolute atomic E-state index is 0.0420. The molecule has 0 radical (unpaired) electrons. The second-order valence-electron chi connectivity index (χ2n) is 4.64. The van der Waals surface area contributed by atoms with E-state index in [1.165, 1.54) is 9.47 Å². The number of aryl methyl sites for hydroxylation is 1. The van der Waals surface area contributed by atoms with E-state index < -0.39 is 5.76 Å². The van der Waals surface area contributed by atoms with Gasteiger partial charge in [-0.3, -0.25) is 9.36 Å². The van der Waals surface area contributed by atoms with Gasteiger partial charge in [-0.05, 0) is 24.6 Å². The largest absolute Gasteiger partial charge is 0.419 e. The Kier molecular flexibility index (Phi) is 3.59. The van der Waals surface area contributed by atoms with Crippen LogP contribution in [-0.4, -0.2) is 29.5 Å². The van der Waals surface area contributed by atoms with Crippen molar-refractivity contribution in [2.24, 2.45) is 0 Å². The lowest BCUT2D eigenvalue weighted by Crippen LogP contribution is -2.22. The van der Waals surface area contributed by atoms with Crippen molar-refractivity contribution < 1.29 is 9.21 Å². The maximum atomic E-state index is 11.7. The van der Waals surface area contributed by atoms with Gasteiger partial charge in [-0.15, -0.1) is 0 Å². The first-order valence-electron chi connectivity index (χ1n) is 6.08. The van der Waals surface area contributed by atoms with Crippen LogP contribution in [0.15, 0.2) is 27.4 Å². The number of hydrogen-bond donors (Lipinski definition) is 1. The van der Waals surface area contributed by atoms with E-state index in [4.69, 9.17) is 10.2 Å². The van der Waals surface area contributed by atoms with E-state index >= 15 is 0 Å². The van der Waals surface area contributed by atoms with Crippen LogP contribution in [0, 0.1) is 0 Å². The van der Waals surface area contributed by atoms with Crippen LogP contribution >= 0.6 is 0 Å². The van der Waals surface area contributed by atoms with Gasteiger partial charge in [0.05, 0.1) is 5.52 Å². The number of hydrogen-bond acceptors (Lipinski definition) is 4. The normalized spacial score (nSPS) is 10.8. The molecule has 0 spiro atoms. The molecule has 0 bridgehead atoms. The lowest BCUT2D eigenvalue weighted by molar-refractivity contribution is -0.128. The fraction of sp³-hybridized carbons (Fsp3) is 0.385. The third kappa shape index (κ3) is 2.78. The van der Waals surface area contributed by atoms with E-state index in [2.05, 4.69) is 0 Å². The molecule has 19 heavy (non-hydrogen) atoms. The van der Waals surface area contributed by atoms with Crippen molar-refractivity contribution in [1.82, 2.24) is 9.47 Å². The molecular formula is C13H17N3O3. The average molecular weight is 263 g/mol. The van der Waals surface area contributed by atoms with Gasteiger partial charge in [-0.25, -0.2) is 4.79 Å². The Bertz CT molecular complexity index is 655. The lowest BCUT2D eigenvalue weighted by atomic mass is 10.2. The van der Waals surface area contributed by atoms with Crippen LogP contribution in [0.1, 0.15) is 12.8 Å². The van der Waals surface area contributed by atoms with Crippen molar-refractivity contribution in [2.45, 2.75) is 19.4 Å². The molecule has 1 aromatic heterocycles. The Hall–Kier alpha value is -2.24. The maximum Gasteiger partial charge on any atom is 0.419 e. The Morgan fingerprint density at radius 3 is 2.84 bits per heavy atom. The summed E-state index contributed by atoms with van der Waals surface area (Å²) < 4.78 is 6.62. The molecule has 0 aliphatic carbocycles. The van der Waals surface area contributed by atoms with Crippen molar-refractivity contribution in [2.75, 3.05) is 19.8 Å². The summed E-state index contributed by atoms with van der Waals surface area (Å²) in [7, 11) is 3.42. The zero-order valence-electron chi connectivity index (χ0n) is 11.0. The highest BCUT2D eigenvalue weighted by Gasteiger charge is 2.10. The van der Waals surface area contributed by atoms with Crippen LogP contribution < -0.4 is 11.5 Å². The fourth-order valence-electron chi connectivity index (χ4n) is 1.90. The van der Waals surface area contributed by atoms with Crippen LogP contribution in [0.5, 0.6) is 0 Å². The van der Waals surface area contributed by atoms with Crippen molar-refractivity contribution in [3.05, 3.63) is 28.7 Å². The number of oxazole rings is 1. The molecule has 2 N–H and O–H groups in total. The van der Waals surface area contributed by atoms with Crippen molar-refractivity contribution in [1.29, 1.82) is 0 Å². The molecule has 0 fully saturated rings. The molecule has 1 heterocycles. The van der Waals surface area contributed by atoms with E-state index in [9.17, 15) is 9.59 Å². The molecule has 1 aromatic carbocycles. The van der Waals surface area contributed by atoms with Gasteiger partial charge >= 0.3 is 5.76 Å². The van der Waals surface area contributed by atoms with E-state index in [0.717, 1.165) is 0 Å². The molecule has 102 valence electrons. The van der Waals surface area contributed by atoms with Crippen molar-refractivity contribution >= 4 is 22.7 Å². The summed E-state index contributed by atoms with van der Waals surface area (Å²) in [6.45, 7) is 0.439. The van der Waals surface area contributed by atoms with Gasteiger partial charge in [-0.2, -0.15) is 0 Å². The molecule has 2 rings (SSSR count). The number of carbonyl (C=O) groups is 1. The second-order valence-corrected chi connectivity index (χ2v) is 4.64. The molecule has 0 atom stereocenters. The summed E-state index contributed by atoms with van der Waals surface area (Å²) in [4.78, 5) is 24.7. The third-order valence-corrected chi connectivity index (χ3v) is 2.96. The number of benzene rings is 1. The minimum Gasteiger partial charge on any atom is -0.408 e. The summed E-state index contributed by atoms with van der Waals surface area (Å²) in [5.74, 6) is -0.377. The molecule has 2 aromatic rings. The molecule has 6 heteroatoms. The summed E-state index contributed by atoms with van der Waals surface area (Å²) in [6.07, 6.45) is 0.981. The van der Waals surface area contributed by atoms with Gasteiger partial charge in [0.2, 0.25) is 5.91 Å². The second kappa shape index (κ2) is 5.17. The highest BCUT2D eigenvalue weighted by molar-refractivity contribution is 5.77. The molecule has 0 aliphatic heterocycles. The fourth-order valence-corrected chi connectivity index (χ4v) is 1.90. The van der Waals surface area contributed by atoms with Crippen LogP contribution in [0.3, 0.4) is 0 Å². The molecule has 0 aliphatic rings. The zero-order valence-corrected chi connectivity index (χ0v) is 11.0. The maximum absolute atomic E-state index is 11.7. The van der Waals surface area contributed by atoms with Gasteiger partial charge in [-0.1, -0.05) is 0 Å². The molecule has 1 amide bonds. The minimum atomic E-state index is -0.419. The lowest BCUT2D eigenvalue weighted by Gasteiger charge is -2.09. The predicted molar refractivity (Wildman–Crippen MR) is 72.8 cm³/mol. The van der Waals surface area contributed by atoms with E-state index in [-0.39, 0.29) is 5.91 Å². The van der Waals surface area contributed by atoms with Gasteiger partial charge in [0, 0.05) is 32.7 Å². The zero-order chi connectivity index (χ0) is 14.0. The van der Waals surface area contributed by atoms with Gasteiger partial charge in [0.1, 0.15) is 0 Å². The van der Waals surface area contributed by atoms with Crippen molar-refractivity contribution in [3.8, 4) is 0 Å². The average Bonchev–Trinajstić information content (AvgIpc) is 2.65. The smallest absolute Gasteiger partial charge is 0.408 e. The third-order valence-electron chi connectivity index (χ3n) is 2.96. The van der Waals surface area contributed by atoms with Crippen LogP contribution in [-0.2, 0) is 11.3 Å². The Morgan fingerprint density at radius 1 is 1.42 bits per heavy atom. The number of fused-ring (bicyclic) bond motifs is 1. The summed E-state index contributed by atoms with van der Waals surface area (Å²) in [5.41, 5.74) is 7.46. The SMILES string of the molecule is CN(C)C(=O)CCCn1c(=O)oc2ccc(N)cc21. The van der Waals surface area contributed by atoms with Crippen molar-refractivity contribution in [3.63, 3.8) is 0 Å². The quantitative estimate of drug-likeness (QED) is 0.836. The monoisotopic (exact) mass is 263 g/mol. The predicted octanol–water partition coefficient (Wildman–Crippen LogP) is 1.05. The topological polar surface area (TPSA) is 81.5 Å². The van der Waals surface area contributed by atoms with Gasteiger partial charge in [0.15, 0.2) is 5.58 Å². The van der Waals surface area contributed by atoms with Crippen LogP contribution in [0.25, 0.3) is 11.1 Å². The molecular weight excluding hydrogens is 246 g/mol. The number of anilines is 1. The van der Waals surface area contributed by atoms with Gasteiger partial charge < -0.3 is 15.1 Å². The molecule has 6 nitrogen and oxygen atoms in total.